The second-order valence-electron chi connectivity index (χ2n) is 5.99. The predicted molar refractivity (Wildman–Crippen MR) is 83.9 cm³/mol. The average molecular weight is 328 g/mol. The third-order valence-electron chi connectivity index (χ3n) is 4.05. The van der Waals surface area contributed by atoms with Crippen molar-refractivity contribution in [2.45, 2.75) is 32.9 Å². The Morgan fingerprint density at radius 2 is 1.96 bits per heavy atom. The molecule has 3 rings (SSSR count). The summed E-state index contributed by atoms with van der Waals surface area (Å²) in [6, 6.07) is 1.42. The maximum atomic E-state index is 12.1. The lowest BCUT2D eigenvalue weighted by Crippen LogP contribution is -2.46. The molecule has 24 heavy (non-hydrogen) atoms. The number of aliphatic hydroxyl groups is 1. The third-order valence-corrected chi connectivity index (χ3v) is 4.05. The van der Waals surface area contributed by atoms with Gasteiger partial charge in [-0.2, -0.15) is 0 Å². The number of hydrogen-bond donors (Lipinski definition) is 1. The van der Waals surface area contributed by atoms with E-state index in [-0.39, 0.29) is 17.7 Å². The van der Waals surface area contributed by atoms with Crippen LogP contribution in [0.5, 0.6) is 0 Å². The van der Waals surface area contributed by atoms with Crippen LogP contribution in [-0.4, -0.2) is 31.8 Å². The van der Waals surface area contributed by atoms with Crippen molar-refractivity contribution in [3.8, 4) is 0 Å². The Kier molecular flexibility index (Phi) is 3.60. The van der Waals surface area contributed by atoms with Crippen molar-refractivity contribution in [3.63, 3.8) is 0 Å². The summed E-state index contributed by atoms with van der Waals surface area (Å²) in [5.41, 5.74) is -1.16. The summed E-state index contributed by atoms with van der Waals surface area (Å²) < 4.78 is 6.85. The predicted octanol–water partition coefficient (Wildman–Crippen LogP) is 0.487. The summed E-state index contributed by atoms with van der Waals surface area (Å²) in [6.45, 7) is 4.73. The van der Waals surface area contributed by atoms with Gasteiger partial charge in [0.1, 0.15) is 17.8 Å². The molecule has 0 saturated heterocycles. The fraction of sp³-hybridized carbons (Fsp3) is 0.294. The van der Waals surface area contributed by atoms with Crippen molar-refractivity contribution in [1.29, 1.82) is 0 Å². The number of fused-ring (bicyclic) bond motifs is 1. The molecule has 1 aliphatic heterocycles. The monoisotopic (exact) mass is 328 g/mol. The van der Waals surface area contributed by atoms with Crippen molar-refractivity contribution in [2.75, 3.05) is 0 Å². The number of carbonyl (C=O) groups excluding carboxylic acids is 2. The minimum Gasteiger partial charge on any atom is -0.467 e. The number of aromatic nitrogens is 2. The fourth-order valence-corrected chi connectivity index (χ4v) is 2.64. The number of allylic oxidation sites excluding steroid dienone is 3. The van der Waals surface area contributed by atoms with E-state index in [0.29, 0.717) is 22.9 Å². The Balaban J connectivity index is 1.95. The summed E-state index contributed by atoms with van der Waals surface area (Å²) in [5, 5.41) is 9.94. The van der Waals surface area contributed by atoms with Gasteiger partial charge in [0.15, 0.2) is 11.4 Å². The number of nitrogens with zero attached hydrogens (tertiary/aromatic N) is 2. The highest BCUT2D eigenvalue weighted by Crippen LogP contribution is 2.31. The van der Waals surface area contributed by atoms with Gasteiger partial charge in [-0.1, -0.05) is 0 Å². The van der Waals surface area contributed by atoms with Gasteiger partial charge in [-0.15, -0.1) is 0 Å². The SMILES string of the molecule is Cc1cc(=O)n(CC2=CC3=CC(=O)C(C)(O)C(=O)C3=CO2)c(C)n1. The molecule has 1 N–H and O–H groups in total. The van der Waals surface area contributed by atoms with Crippen LogP contribution in [0.1, 0.15) is 18.4 Å². The van der Waals surface area contributed by atoms with Gasteiger partial charge in [0, 0.05) is 11.8 Å². The summed E-state index contributed by atoms with van der Waals surface area (Å²) in [4.78, 5) is 40.3. The highest BCUT2D eigenvalue weighted by atomic mass is 16.5. The lowest BCUT2D eigenvalue weighted by atomic mass is 9.81. The number of aryl methyl sites for hydroxylation is 2. The van der Waals surface area contributed by atoms with Crippen LogP contribution >= 0.6 is 0 Å². The molecule has 2 heterocycles. The van der Waals surface area contributed by atoms with Gasteiger partial charge >= 0.3 is 0 Å². The smallest absolute Gasteiger partial charge is 0.254 e. The van der Waals surface area contributed by atoms with Crippen molar-refractivity contribution >= 4 is 11.6 Å². The first-order chi connectivity index (χ1) is 11.2. The van der Waals surface area contributed by atoms with Crippen LogP contribution in [0.15, 0.2) is 46.2 Å². The van der Waals surface area contributed by atoms with Crippen LogP contribution in [0.2, 0.25) is 0 Å². The zero-order valence-corrected chi connectivity index (χ0v) is 13.5. The molecule has 7 nitrogen and oxygen atoms in total. The maximum Gasteiger partial charge on any atom is 0.254 e. The molecule has 0 saturated carbocycles. The largest absolute Gasteiger partial charge is 0.467 e. The summed E-state index contributed by atoms with van der Waals surface area (Å²) in [6.07, 6.45) is 3.93. The number of ether oxygens (including phenoxy) is 1. The molecule has 1 aromatic rings. The van der Waals surface area contributed by atoms with Crippen LogP contribution < -0.4 is 5.56 Å². The molecule has 2 aliphatic rings. The van der Waals surface area contributed by atoms with E-state index >= 15 is 0 Å². The molecule has 1 aliphatic carbocycles. The van der Waals surface area contributed by atoms with Gasteiger partial charge in [-0.05, 0) is 38.5 Å². The van der Waals surface area contributed by atoms with Crippen molar-refractivity contribution < 1.29 is 19.4 Å². The normalized spacial score (nSPS) is 23.1. The van der Waals surface area contributed by atoms with Gasteiger partial charge in [-0.3, -0.25) is 19.0 Å². The Labute approximate surface area is 137 Å². The van der Waals surface area contributed by atoms with Gasteiger partial charge < -0.3 is 9.84 Å². The first kappa shape index (κ1) is 16.1. The molecule has 0 radical (unpaired) electrons. The van der Waals surface area contributed by atoms with Gasteiger partial charge in [-0.25, -0.2) is 4.98 Å². The van der Waals surface area contributed by atoms with E-state index in [1.54, 1.807) is 13.8 Å². The van der Waals surface area contributed by atoms with E-state index in [0.717, 1.165) is 6.92 Å². The minimum absolute atomic E-state index is 0.123. The minimum atomic E-state index is -2.07. The molecule has 0 amide bonds. The highest BCUT2D eigenvalue weighted by molar-refractivity contribution is 6.25. The third kappa shape index (κ3) is 2.52. The number of carbonyl (C=O) groups is 2. The molecular weight excluding hydrogens is 312 g/mol. The highest BCUT2D eigenvalue weighted by Gasteiger charge is 2.44. The van der Waals surface area contributed by atoms with Gasteiger partial charge in [0.05, 0.1) is 12.1 Å². The second kappa shape index (κ2) is 5.38. The van der Waals surface area contributed by atoms with Gasteiger partial charge in [0.25, 0.3) is 5.56 Å². The first-order valence-corrected chi connectivity index (χ1v) is 7.36. The maximum absolute atomic E-state index is 12.1. The Hall–Kier alpha value is -2.80. The Morgan fingerprint density at radius 1 is 1.25 bits per heavy atom. The molecule has 1 atom stereocenters. The zero-order valence-electron chi connectivity index (χ0n) is 13.5. The summed E-state index contributed by atoms with van der Waals surface area (Å²) in [7, 11) is 0. The van der Waals surface area contributed by atoms with Crippen LogP contribution in [0.25, 0.3) is 0 Å². The number of hydrogen-bond acceptors (Lipinski definition) is 6. The quantitative estimate of drug-likeness (QED) is 0.793. The summed E-state index contributed by atoms with van der Waals surface area (Å²) in [5.74, 6) is -0.455. The van der Waals surface area contributed by atoms with Crippen LogP contribution in [0.4, 0.5) is 0 Å². The topological polar surface area (TPSA) is 98.5 Å². The lowest BCUT2D eigenvalue weighted by Gasteiger charge is -2.27. The first-order valence-electron chi connectivity index (χ1n) is 7.36. The molecule has 1 unspecified atom stereocenters. The fourth-order valence-electron chi connectivity index (χ4n) is 2.64. The average Bonchev–Trinajstić information content (AvgIpc) is 2.49. The van der Waals surface area contributed by atoms with Crippen molar-refractivity contribution in [2.24, 2.45) is 0 Å². The van der Waals surface area contributed by atoms with E-state index in [4.69, 9.17) is 4.74 Å². The van der Waals surface area contributed by atoms with E-state index in [2.05, 4.69) is 4.98 Å². The van der Waals surface area contributed by atoms with E-state index < -0.39 is 17.2 Å². The van der Waals surface area contributed by atoms with Gasteiger partial charge in [0.2, 0.25) is 5.78 Å². The lowest BCUT2D eigenvalue weighted by molar-refractivity contribution is -0.144. The molecule has 0 aromatic carbocycles. The molecule has 0 fully saturated rings. The number of rotatable bonds is 2. The second-order valence-corrected chi connectivity index (χ2v) is 5.99. The molecular formula is C17H16N2O5. The van der Waals surface area contributed by atoms with Crippen LogP contribution in [0, 0.1) is 13.8 Å². The molecule has 0 spiro atoms. The van der Waals surface area contributed by atoms with E-state index in [1.807, 2.05) is 0 Å². The Bertz CT molecular complexity index is 915. The zero-order chi connectivity index (χ0) is 17.6. The van der Waals surface area contributed by atoms with Crippen LogP contribution in [-0.2, 0) is 20.9 Å². The standard InChI is InChI=1S/C17H16N2O5/c1-9-4-15(21)19(10(2)18-9)7-12-5-11-6-14(20)17(3,23)16(22)13(11)8-24-12/h4-6,8,23H,7H2,1-3H3. The molecule has 7 heteroatoms. The van der Waals surface area contributed by atoms with E-state index in [9.17, 15) is 19.5 Å². The van der Waals surface area contributed by atoms with Crippen molar-refractivity contribution in [1.82, 2.24) is 9.55 Å². The number of Topliss-reactive ketones (excluding diaryl/α,β-unsaturated/α-hetero) is 1. The molecule has 0 bridgehead atoms. The number of ketones is 2. The Morgan fingerprint density at radius 3 is 2.62 bits per heavy atom. The van der Waals surface area contributed by atoms with E-state index in [1.165, 1.54) is 29.0 Å². The molecule has 124 valence electrons. The van der Waals surface area contributed by atoms with Crippen molar-refractivity contribution in [3.05, 3.63) is 63.3 Å². The molecule has 1 aromatic heterocycles. The van der Waals surface area contributed by atoms with Crippen LogP contribution in [0.3, 0.4) is 0 Å². The summed E-state index contributed by atoms with van der Waals surface area (Å²) >= 11 is 0.